The van der Waals surface area contributed by atoms with Gasteiger partial charge >= 0.3 is 0 Å². The standard InChI is InChI=1S/C15H19N3O2S/c1-10(2)7-12(14-5-4-6-21-14)17-15-8-11(3)13(9-16-15)18(19)20/h4-6,8-10,12H,7H2,1-3H3,(H,16,17). The minimum atomic E-state index is -0.406. The average molecular weight is 305 g/mol. The first-order chi connectivity index (χ1) is 9.97. The second-order valence-electron chi connectivity index (χ2n) is 5.46. The Hall–Kier alpha value is -1.95. The lowest BCUT2D eigenvalue weighted by Crippen LogP contribution is -2.13. The molecule has 0 aliphatic rings. The maximum atomic E-state index is 10.8. The van der Waals surface area contributed by atoms with E-state index in [0.29, 0.717) is 17.3 Å². The molecule has 2 heterocycles. The molecule has 0 amide bonds. The summed E-state index contributed by atoms with van der Waals surface area (Å²) in [4.78, 5) is 15.8. The van der Waals surface area contributed by atoms with Crippen molar-refractivity contribution in [2.45, 2.75) is 33.2 Å². The van der Waals surface area contributed by atoms with E-state index >= 15 is 0 Å². The van der Waals surface area contributed by atoms with Crippen molar-refractivity contribution in [2.75, 3.05) is 5.32 Å². The average Bonchev–Trinajstić information content (AvgIpc) is 2.90. The lowest BCUT2D eigenvalue weighted by Gasteiger charge is -2.20. The highest BCUT2D eigenvalue weighted by atomic mass is 32.1. The number of pyridine rings is 1. The maximum absolute atomic E-state index is 10.8. The summed E-state index contributed by atoms with van der Waals surface area (Å²) in [6.07, 6.45) is 2.30. The van der Waals surface area contributed by atoms with Crippen LogP contribution in [0.3, 0.4) is 0 Å². The zero-order valence-corrected chi connectivity index (χ0v) is 13.2. The van der Waals surface area contributed by atoms with Crippen LogP contribution in [0, 0.1) is 23.0 Å². The van der Waals surface area contributed by atoms with Gasteiger partial charge in [-0.2, -0.15) is 0 Å². The summed E-state index contributed by atoms with van der Waals surface area (Å²) in [7, 11) is 0. The topological polar surface area (TPSA) is 68.1 Å². The van der Waals surface area contributed by atoms with E-state index in [9.17, 15) is 10.1 Å². The third-order valence-electron chi connectivity index (χ3n) is 3.20. The van der Waals surface area contributed by atoms with Gasteiger partial charge in [0, 0.05) is 10.4 Å². The highest BCUT2D eigenvalue weighted by Crippen LogP contribution is 2.29. The largest absolute Gasteiger partial charge is 0.362 e. The van der Waals surface area contributed by atoms with Crippen LogP contribution in [0.4, 0.5) is 11.5 Å². The van der Waals surface area contributed by atoms with Gasteiger partial charge in [-0.15, -0.1) is 11.3 Å². The van der Waals surface area contributed by atoms with Gasteiger partial charge in [-0.1, -0.05) is 19.9 Å². The molecular formula is C15H19N3O2S. The van der Waals surface area contributed by atoms with Gasteiger partial charge in [-0.3, -0.25) is 10.1 Å². The number of aryl methyl sites for hydroxylation is 1. The first-order valence-electron chi connectivity index (χ1n) is 6.88. The summed E-state index contributed by atoms with van der Waals surface area (Å²) in [5, 5.41) is 16.3. The van der Waals surface area contributed by atoms with Crippen molar-refractivity contribution >= 4 is 22.8 Å². The monoisotopic (exact) mass is 305 g/mol. The van der Waals surface area contributed by atoms with Crippen LogP contribution in [-0.4, -0.2) is 9.91 Å². The molecule has 0 aliphatic carbocycles. The molecule has 0 spiro atoms. The molecule has 1 unspecified atom stereocenters. The molecule has 1 N–H and O–H groups in total. The van der Waals surface area contributed by atoms with Crippen molar-refractivity contribution in [1.29, 1.82) is 0 Å². The molecule has 0 aliphatic heterocycles. The van der Waals surface area contributed by atoms with E-state index in [4.69, 9.17) is 0 Å². The minimum absolute atomic E-state index is 0.0529. The molecule has 112 valence electrons. The van der Waals surface area contributed by atoms with E-state index in [0.717, 1.165) is 6.42 Å². The van der Waals surface area contributed by atoms with Gasteiger partial charge in [0.1, 0.15) is 12.0 Å². The molecule has 6 heteroatoms. The van der Waals surface area contributed by atoms with Crippen LogP contribution in [0.25, 0.3) is 0 Å². The molecule has 2 aromatic heterocycles. The van der Waals surface area contributed by atoms with E-state index in [2.05, 4.69) is 35.6 Å². The molecular weight excluding hydrogens is 286 g/mol. The first kappa shape index (κ1) is 15.4. The van der Waals surface area contributed by atoms with Gasteiger partial charge in [0.05, 0.1) is 11.0 Å². The molecule has 0 aromatic carbocycles. The van der Waals surface area contributed by atoms with Crippen molar-refractivity contribution in [3.8, 4) is 0 Å². The Bertz CT molecular complexity index is 611. The second-order valence-corrected chi connectivity index (χ2v) is 6.43. The van der Waals surface area contributed by atoms with Gasteiger partial charge in [0.2, 0.25) is 0 Å². The van der Waals surface area contributed by atoms with E-state index < -0.39 is 4.92 Å². The Morgan fingerprint density at radius 1 is 1.48 bits per heavy atom. The number of rotatable bonds is 6. The minimum Gasteiger partial charge on any atom is -0.362 e. The molecule has 0 saturated carbocycles. The molecule has 2 rings (SSSR count). The van der Waals surface area contributed by atoms with Gasteiger partial charge in [-0.05, 0) is 36.8 Å². The molecule has 21 heavy (non-hydrogen) atoms. The fraction of sp³-hybridized carbons (Fsp3) is 0.400. The zero-order chi connectivity index (χ0) is 15.4. The van der Waals surface area contributed by atoms with E-state index in [1.807, 2.05) is 6.07 Å². The second kappa shape index (κ2) is 6.67. The summed E-state index contributed by atoms with van der Waals surface area (Å²) < 4.78 is 0. The molecule has 2 aromatic rings. The Kier molecular flexibility index (Phi) is 4.90. The first-order valence-corrected chi connectivity index (χ1v) is 7.76. The molecule has 1 atom stereocenters. The summed E-state index contributed by atoms with van der Waals surface area (Å²) in [6, 6.07) is 6.05. The predicted molar refractivity (Wildman–Crippen MR) is 85.8 cm³/mol. The SMILES string of the molecule is Cc1cc(NC(CC(C)C)c2cccs2)ncc1[N+](=O)[O-]. The summed E-state index contributed by atoms with van der Waals surface area (Å²) in [6.45, 7) is 6.08. The highest BCUT2D eigenvalue weighted by molar-refractivity contribution is 7.10. The number of thiophene rings is 1. The Labute approximate surface area is 128 Å². The maximum Gasteiger partial charge on any atom is 0.290 e. The van der Waals surface area contributed by atoms with Crippen molar-refractivity contribution in [2.24, 2.45) is 5.92 Å². The fourth-order valence-corrected chi connectivity index (χ4v) is 3.00. The third kappa shape index (κ3) is 4.01. The quantitative estimate of drug-likeness (QED) is 0.627. The number of nitrogens with one attached hydrogen (secondary N) is 1. The number of aromatic nitrogens is 1. The van der Waals surface area contributed by atoms with Gasteiger partial charge in [0.25, 0.3) is 5.69 Å². The molecule has 0 fully saturated rings. The highest BCUT2D eigenvalue weighted by Gasteiger charge is 2.17. The van der Waals surface area contributed by atoms with E-state index in [-0.39, 0.29) is 11.7 Å². The summed E-state index contributed by atoms with van der Waals surface area (Å²) >= 11 is 1.71. The number of hydrogen-bond acceptors (Lipinski definition) is 5. The number of anilines is 1. The Morgan fingerprint density at radius 2 is 2.24 bits per heavy atom. The number of hydrogen-bond donors (Lipinski definition) is 1. The van der Waals surface area contributed by atoms with Crippen molar-refractivity contribution in [3.05, 3.63) is 50.3 Å². The normalized spacial score (nSPS) is 12.4. The lowest BCUT2D eigenvalue weighted by molar-refractivity contribution is -0.385. The van der Waals surface area contributed by atoms with Crippen LogP contribution in [0.2, 0.25) is 0 Å². The van der Waals surface area contributed by atoms with Crippen LogP contribution >= 0.6 is 11.3 Å². The molecule has 0 bridgehead atoms. The van der Waals surface area contributed by atoms with Gasteiger partial charge in [0.15, 0.2) is 0 Å². The van der Waals surface area contributed by atoms with Crippen LogP contribution in [0.1, 0.15) is 36.8 Å². The Morgan fingerprint density at radius 3 is 2.76 bits per heavy atom. The number of nitro groups is 1. The lowest BCUT2D eigenvalue weighted by atomic mass is 10.0. The third-order valence-corrected chi connectivity index (χ3v) is 4.18. The van der Waals surface area contributed by atoms with Crippen molar-refractivity contribution in [3.63, 3.8) is 0 Å². The molecule has 0 radical (unpaired) electrons. The van der Waals surface area contributed by atoms with Crippen LogP contribution < -0.4 is 5.32 Å². The van der Waals surface area contributed by atoms with Gasteiger partial charge < -0.3 is 5.32 Å². The van der Waals surface area contributed by atoms with E-state index in [1.54, 1.807) is 24.3 Å². The molecule has 5 nitrogen and oxygen atoms in total. The van der Waals surface area contributed by atoms with Crippen LogP contribution in [0.5, 0.6) is 0 Å². The van der Waals surface area contributed by atoms with Crippen molar-refractivity contribution < 1.29 is 4.92 Å². The van der Waals surface area contributed by atoms with Crippen LogP contribution in [-0.2, 0) is 0 Å². The van der Waals surface area contributed by atoms with Crippen LogP contribution in [0.15, 0.2) is 29.8 Å². The summed E-state index contributed by atoms with van der Waals surface area (Å²) in [5.41, 5.74) is 0.670. The Balaban J connectivity index is 2.21. The van der Waals surface area contributed by atoms with Crippen molar-refractivity contribution in [1.82, 2.24) is 4.98 Å². The zero-order valence-electron chi connectivity index (χ0n) is 12.4. The smallest absolute Gasteiger partial charge is 0.290 e. The summed E-state index contributed by atoms with van der Waals surface area (Å²) in [5.74, 6) is 1.22. The fourth-order valence-electron chi connectivity index (χ4n) is 2.20. The predicted octanol–water partition coefficient (Wildman–Crippen LogP) is 4.56. The molecule has 0 saturated heterocycles. The number of nitrogens with zero attached hydrogens (tertiary/aromatic N) is 2. The van der Waals surface area contributed by atoms with E-state index in [1.165, 1.54) is 11.1 Å². The van der Waals surface area contributed by atoms with Gasteiger partial charge in [-0.25, -0.2) is 4.98 Å².